The summed E-state index contributed by atoms with van der Waals surface area (Å²) in [6, 6.07) is 5.53. The van der Waals surface area contributed by atoms with Gasteiger partial charge in [-0.25, -0.2) is 4.79 Å². The molecule has 1 saturated carbocycles. The molecule has 2 rings (SSSR count). The molecule has 0 saturated heterocycles. The van der Waals surface area contributed by atoms with Crippen molar-refractivity contribution in [2.45, 2.75) is 37.0 Å². The Hall–Kier alpha value is -1.36. The smallest absolute Gasteiger partial charge is 0.337 e. The third kappa shape index (κ3) is 3.56. The van der Waals surface area contributed by atoms with Gasteiger partial charge in [0, 0.05) is 22.7 Å². The monoisotopic (exact) mass is 280 g/mol. The molecule has 0 spiro atoms. The highest BCUT2D eigenvalue weighted by Crippen LogP contribution is 2.29. The van der Waals surface area contributed by atoms with Crippen LogP contribution in [0, 0.1) is 0 Å². The number of rotatable bonds is 4. The number of carbonyl (C=O) groups is 1. The molecule has 4 nitrogen and oxygen atoms in total. The van der Waals surface area contributed by atoms with Gasteiger partial charge < -0.3 is 16.2 Å². The minimum absolute atomic E-state index is 0.163. The highest BCUT2D eigenvalue weighted by Gasteiger charge is 2.21. The number of nitrogen functional groups attached to an aromatic ring is 1. The Labute approximate surface area is 117 Å². The molecule has 19 heavy (non-hydrogen) atoms. The zero-order valence-corrected chi connectivity index (χ0v) is 11.9. The van der Waals surface area contributed by atoms with Crippen LogP contribution in [0.1, 0.15) is 36.0 Å². The van der Waals surface area contributed by atoms with Crippen molar-refractivity contribution in [3.63, 3.8) is 0 Å². The third-order valence-electron chi connectivity index (χ3n) is 3.61. The lowest BCUT2D eigenvalue weighted by atomic mass is 9.94. The summed E-state index contributed by atoms with van der Waals surface area (Å²) < 4.78 is 0. The first-order valence-electron chi connectivity index (χ1n) is 6.52. The Bertz CT molecular complexity index is 465. The van der Waals surface area contributed by atoms with E-state index >= 15 is 0 Å². The quantitative estimate of drug-likeness (QED) is 0.739. The van der Waals surface area contributed by atoms with E-state index in [0.717, 1.165) is 23.8 Å². The average molecular weight is 280 g/mol. The fourth-order valence-electron chi connectivity index (χ4n) is 2.57. The van der Waals surface area contributed by atoms with Crippen LogP contribution in [0.5, 0.6) is 0 Å². The molecular weight excluding hydrogens is 260 g/mol. The van der Waals surface area contributed by atoms with E-state index < -0.39 is 5.97 Å². The summed E-state index contributed by atoms with van der Waals surface area (Å²) in [5, 5.41) is 13.1. The van der Waals surface area contributed by atoms with Crippen LogP contribution < -0.4 is 11.1 Å². The maximum absolute atomic E-state index is 10.9. The van der Waals surface area contributed by atoms with E-state index in [1.165, 1.54) is 12.8 Å². The Balaban J connectivity index is 2.03. The average Bonchev–Trinajstić information content (AvgIpc) is 2.38. The van der Waals surface area contributed by atoms with Crippen molar-refractivity contribution in [1.82, 2.24) is 0 Å². The molecule has 1 fully saturated rings. The topological polar surface area (TPSA) is 75.3 Å². The van der Waals surface area contributed by atoms with Crippen LogP contribution in [0.2, 0.25) is 0 Å². The highest BCUT2D eigenvalue weighted by molar-refractivity contribution is 7.99. The molecule has 2 unspecified atom stereocenters. The van der Waals surface area contributed by atoms with Gasteiger partial charge in [0.2, 0.25) is 0 Å². The Kier molecular flexibility index (Phi) is 4.58. The first-order valence-corrected chi connectivity index (χ1v) is 7.81. The number of carboxylic acids is 1. The van der Waals surface area contributed by atoms with E-state index in [0.29, 0.717) is 11.7 Å². The summed E-state index contributed by atoms with van der Waals surface area (Å²) in [6.45, 7) is 0. The van der Waals surface area contributed by atoms with Gasteiger partial charge in [-0.3, -0.25) is 0 Å². The molecule has 1 aromatic rings. The van der Waals surface area contributed by atoms with E-state index in [1.807, 2.05) is 11.8 Å². The van der Waals surface area contributed by atoms with Gasteiger partial charge >= 0.3 is 5.97 Å². The SMILES string of the molecule is CSC1CCCC(Nc2ccc(C(=O)O)c(N)c2)C1. The first-order chi connectivity index (χ1) is 9.10. The van der Waals surface area contributed by atoms with Crippen LogP contribution in [0.3, 0.4) is 0 Å². The summed E-state index contributed by atoms with van der Waals surface area (Å²) in [5.41, 5.74) is 7.14. The van der Waals surface area contributed by atoms with Crippen LogP contribution in [-0.4, -0.2) is 28.6 Å². The van der Waals surface area contributed by atoms with Gasteiger partial charge in [0.15, 0.2) is 0 Å². The van der Waals surface area contributed by atoms with Crippen LogP contribution in [0.25, 0.3) is 0 Å². The lowest BCUT2D eigenvalue weighted by molar-refractivity contribution is 0.0698. The first kappa shape index (κ1) is 14.1. The number of benzene rings is 1. The molecule has 1 aromatic carbocycles. The molecule has 0 amide bonds. The summed E-state index contributed by atoms with van der Waals surface area (Å²) in [4.78, 5) is 10.9. The summed E-state index contributed by atoms with van der Waals surface area (Å²) in [6.07, 6.45) is 7.01. The fourth-order valence-corrected chi connectivity index (χ4v) is 3.40. The molecule has 2 atom stereocenters. The second-order valence-electron chi connectivity index (χ2n) is 4.97. The zero-order chi connectivity index (χ0) is 13.8. The number of aromatic carboxylic acids is 1. The lowest BCUT2D eigenvalue weighted by Crippen LogP contribution is -2.28. The van der Waals surface area contributed by atoms with Crippen LogP contribution >= 0.6 is 11.8 Å². The van der Waals surface area contributed by atoms with Gasteiger partial charge in [-0.1, -0.05) is 6.42 Å². The van der Waals surface area contributed by atoms with Gasteiger partial charge in [-0.05, 0) is 43.7 Å². The van der Waals surface area contributed by atoms with Gasteiger partial charge in [-0.15, -0.1) is 0 Å². The van der Waals surface area contributed by atoms with Gasteiger partial charge in [0.25, 0.3) is 0 Å². The molecule has 0 radical (unpaired) electrons. The summed E-state index contributed by atoms with van der Waals surface area (Å²) in [7, 11) is 0. The largest absolute Gasteiger partial charge is 0.478 e. The number of nitrogens with one attached hydrogen (secondary N) is 1. The molecule has 1 aliphatic rings. The Morgan fingerprint density at radius 2 is 2.26 bits per heavy atom. The fraction of sp³-hybridized carbons (Fsp3) is 0.500. The number of hydrogen-bond acceptors (Lipinski definition) is 4. The normalized spacial score (nSPS) is 23.0. The molecule has 4 N–H and O–H groups in total. The van der Waals surface area contributed by atoms with Crippen LogP contribution in [0.4, 0.5) is 11.4 Å². The number of nitrogens with two attached hydrogens (primary N) is 1. The molecule has 0 heterocycles. The molecule has 0 aromatic heterocycles. The second kappa shape index (κ2) is 6.19. The predicted octanol–water partition coefficient (Wildman–Crippen LogP) is 3.05. The van der Waals surface area contributed by atoms with Crippen molar-refractivity contribution in [2.75, 3.05) is 17.3 Å². The van der Waals surface area contributed by atoms with E-state index in [2.05, 4.69) is 11.6 Å². The van der Waals surface area contributed by atoms with Crippen LogP contribution in [-0.2, 0) is 0 Å². The van der Waals surface area contributed by atoms with E-state index in [9.17, 15) is 4.79 Å². The molecule has 104 valence electrons. The third-order valence-corrected chi connectivity index (χ3v) is 4.71. The number of carboxylic acid groups (broad SMARTS) is 1. The molecule has 0 bridgehead atoms. The number of anilines is 2. The molecule has 5 heteroatoms. The van der Waals surface area contributed by atoms with E-state index in [4.69, 9.17) is 10.8 Å². The Morgan fingerprint density at radius 3 is 2.89 bits per heavy atom. The minimum atomic E-state index is -0.982. The lowest BCUT2D eigenvalue weighted by Gasteiger charge is -2.29. The van der Waals surface area contributed by atoms with Crippen molar-refractivity contribution in [3.8, 4) is 0 Å². The summed E-state index contributed by atoms with van der Waals surface area (Å²) in [5.74, 6) is -0.982. The van der Waals surface area contributed by atoms with Gasteiger partial charge in [0.05, 0.1) is 5.56 Å². The van der Waals surface area contributed by atoms with Crippen molar-refractivity contribution in [3.05, 3.63) is 23.8 Å². The van der Waals surface area contributed by atoms with Gasteiger partial charge in [0.1, 0.15) is 0 Å². The summed E-state index contributed by atoms with van der Waals surface area (Å²) >= 11 is 1.93. The van der Waals surface area contributed by atoms with Gasteiger partial charge in [-0.2, -0.15) is 11.8 Å². The van der Waals surface area contributed by atoms with Crippen molar-refractivity contribution >= 4 is 29.1 Å². The Morgan fingerprint density at radius 1 is 1.47 bits per heavy atom. The van der Waals surface area contributed by atoms with E-state index in [-0.39, 0.29) is 5.56 Å². The van der Waals surface area contributed by atoms with Crippen molar-refractivity contribution in [2.24, 2.45) is 0 Å². The maximum Gasteiger partial charge on any atom is 0.337 e. The zero-order valence-electron chi connectivity index (χ0n) is 11.1. The minimum Gasteiger partial charge on any atom is -0.478 e. The molecular formula is C14H20N2O2S. The predicted molar refractivity (Wildman–Crippen MR) is 81.0 cm³/mol. The molecule has 1 aliphatic carbocycles. The van der Waals surface area contributed by atoms with Crippen molar-refractivity contribution < 1.29 is 9.90 Å². The standard InChI is InChI=1S/C14H20N2O2S/c1-19-11-4-2-3-9(7-11)16-10-5-6-12(14(17)18)13(15)8-10/h5-6,8-9,11,16H,2-4,7,15H2,1H3,(H,17,18). The number of hydrogen-bond donors (Lipinski definition) is 3. The van der Waals surface area contributed by atoms with Crippen LogP contribution in [0.15, 0.2) is 18.2 Å². The maximum atomic E-state index is 10.9. The van der Waals surface area contributed by atoms with Crippen molar-refractivity contribution in [1.29, 1.82) is 0 Å². The molecule has 0 aliphatic heterocycles. The van der Waals surface area contributed by atoms with E-state index in [1.54, 1.807) is 18.2 Å². The highest BCUT2D eigenvalue weighted by atomic mass is 32.2. The number of thioether (sulfide) groups is 1. The second-order valence-corrected chi connectivity index (χ2v) is 6.11.